The summed E-state index contributed by atoms with van der Waals surface area (Å²) >= 11 is 0. The maximum absolute atomic E-state index is 11.6. The van der Waals surface area contributed by atoms with Crippen LogP contribution in [-0.4, -0.2) is 36.6 Å². The summed E-state index contributed by atoms with van der Waals surface area (Å²) in [4.78, 5) is 14.0. The van der Waals surface area contributed by atoms with Gasteiger partial charge in [-0.15, -0.1) is 0 Å². The van der Waals surface area contributed by atoms with Crippen molar-refractivity contribution in [3.8, 4) is 0 Å². The molecule has 5 atom stereocenters. The Labute approximate surface area is 96.1 Å². The Hall–Kier alpha value is -0.570. The van der Waals surface area contributed by atoms with E-state index in [1.165, 1.54) is 26.4 Å². The van der Waals surface area contributed by atoms with Crippen LogP contribution in [0, 0.1) is 23.7 Å². The van der Waals surface area contributed by atoms with E-state index in [-0.39, 0.29) is 12.0 Å². The van der Waals surface area contributed by atoms with Crippen molar-refractivity contribution in [3.05, 3.63) is 0 Å². The molecule has 2 bridgehead atoms. The van der Waals surface area contributed by atoms with Gasteiger partial charge in [-0.1, -0.05) is 0 Å². The smallest absolute Gasteiger partial charge is 0.323 e. The van der Waals surface area contributed by atoms with Crippen molar-refractivity contribution in [2.75, 3.05) is 13.7 Å². The van der Waals surface area contributed by atoms with Gasteiger partial charge < -0.3 is 4.74 Å². The molecule has 0 aromatic rings. The Morgan fingerprint density at radius 1 is 1.19 bits per heavy atom. The number of carbonyl (C=O) groups excluding carboxylic acids is 1. The van der Waals surface area contributed by atoms with E-state index in [9.17, 15) is 4.79 Å². The van der Waals surface area contributed by atoms with Crippen LogP contribution in [0.5, 0.6) is 0 Å². The molecular formula is C13H19NO2. The van der Waals surface area contributed by atoms with E-state index >= 15 is 0 Å². The van der Waals surface area contributed by atoms with Crippen molar-refractivity contribution in [1.82, 2.24) is 4.90 Å². The molecule has 3 nitrogen and oxygen atoms in total. The van der Waals surface area contributed by atoms with Crippen LogP contribution in [0.3, 0.4) is 0 Å². The molecule has 88 valence electrons. The van der Waals surface area contributed by atoms with E-state index in [0.29, 0.717) is 0 Å². The predicted octanol–water partition coefficient (Wildman–Crippen LogP) is 1.28. The maximum Gasteiger partial charge on any atom is 0.323 e. The summed E-state index contributed by atoms with van der Waals surface area (Å²) in [5.41, 5.74) is 0. The van der Waals surface area contributed by atoms with E-state index < -0.39 is 0 Å². The van der Waals surface area contributed by atoms with Crippen LogP contribution in [0.25, 0.3) is 0 Å². The van der Waals surface area contributed by atoms with Crippen LogP contribution in [0.2, 0.25) is 0 Å². The fourth-order valence-corrected chi connectivity index (χ4v) is 4.88. The number of hydrogen-bond donors (Lipinski definition) is 0. The van der Waals surface area contributed by atoms with Gasteiger partial charge in [0.2, 0.25) is 0 Å². The number of rotatable bonds is 2. The molecular weight excluding hydrogens is 202 g/mol. The minimum atomic E-state index is -0.0106. The highest BCUT2D eigenvalue weighted by atomic mass is 16.5. The fourth-order valence-electron chi connectivity index (χ4n) is 4.88. The second-order valence-corrected chi connectivity index (χ2v) is 6.04. The van der Waals surface area contributed by atoms with Crippen LogP contribution in [0.1, 0.15) is 25.7 Å². The lowest BCUT2D eigenvalue weighted by molar-refractivity contribution is -0.152. The highest BCUT2D eigenvalue weighted by molar-refractivity contribution is 5.76. The van der Waals surface area contributed by atoms with Crippen molar-refractivity contribution in [3.63, 3.8) is 0 Å². The second kappa shape index (κ2) is 3.00. The Kier molecular flexibility index (Phi) is 1.78. The first kappa shape index (κ1) is 9.46. The van der Waals surface area contributed by atoms with Gasteiger partial charge in [-0.2, -0.15) is 0 Å². The van der Waals surface area contributed by atoms with E-state index in [4.69, 9.17) is 4.74 Å². The average Bonchev–Trinajstić information content (AvgIpc) is 2.69. The van der Waals surface area contributed by atoms with Gasteiger partial charge >= 0.3 is 5.97 Å². The molecule has 3 heteroatoms. The van der Waals surface area contributed by atoms with Crippen molar-refractivity contribution < 1.29 is 9.53 Å². The third-order valence-corrected chi connectivity index (χ3v) is 5.61. The van der Waals surface area contributed by atoms with E-state index in [1.54, 1.807) is 0 Å². The zero-order valence-electron chi connectivity index (χ0n) is 9.76. The quantitative estimate of drug-likeness (QED) is 0.658. The van der Waals surface area contributed by atoms with E-state index in [1.807, 2.05) is 0 Å². The number of likely N-dealkylation sites (tertiary alicyclic amines) is 1. The van der Waals surface area contributed by atoms with Crippen LogP contribution < -0.4 is 0 Å². The minimum absolute atomic E-state index is 0.0106. The molecule has 0 aromatic heterocycles. The lowest BCUT2D eigenvalue weighted by Gasteiger charge is -2.40. The van der Waals surface area contributed by atoms with Gasteiger partial charge in [0.15, 0.2) is 0 Å². The van der Waals surface area contributed by atoms with Gasteiger partial charge in [-0.25, -0.2) is 0 Å². The Balaban J connectivity index is 1.48. The normalized spacial score (nSPS) is 53.3. The van der Waals surface area contributed by atoms with Crippen molar-refractivity contribution in [2.24, 2.45) is 23.7 Å². The van der Waals surface area contributed by atoms with E-state index in [2.05, 4.69) is 4.90 Å². The van der Waals surface area contributed by atoms with Gasteiger partial charge in [0.25, 0.3) is 0 Å². The summed E-state index contributed by atoms with van der Waals surface area (Å²) in [6.45, 7) is 1.12. The second-order valence-electron chi connectivity index (χ2n) is 6.04. The van der Waals surface area contributed by atoms with Gasteiger partial charge in [0, 0.05) is 12.6 Å². The van der Waals surface area contributed by atoms with Crippen molar-refractivity contribution in [2.45, 2.75) is 37.8 Å². The molecule has 4 rings (SSSR count). The first-order chi connectivity index (χ1) is 7.81. The molecule has 3 aliphatic carbocycles. The summed E-state index contributed by atoms with van der Waals surface area (Å²) in [5, 5.41) is 0. The average molecular weight is 221 g/mol. The number of hydrogen-bond acceptors (Lipinski definition) is 3. The van der Waals surface area contributed by atoms with Crippen LogP contribution in [0.4, 0.5) is 0 Å². The molecule has 16 heavy (non-hydrogen) atoms. The number of ether oxygens (including phenoxy) is 1. The van der Waals surface area contributed by atoms with Gasteiger partial charge in [0.1, 0.15) is 6.04 Å². The Bertz CT molecular complexity index is 327. The fraction of sp³-hybridized carbons (Fsp3) is 0.923. The summed E-state index contributed by atoms with van der Waals surface area (Å²) in [6.07, 6.45) is 5.42. The molecule has 1 heterocycles. The maximum atomic E-state index is 11.6. The topological polar surface area (TPSA) is 29.5 Å². The molecule has 0 radical (unpaired) electrons. The number of esters is 1. The third kappa shape index (κ3) is 1.01. The summed E-state index contributed by atoms with van der Waals surface area (Å²) in [6, 6.07) is 0.851. The molecule has 1 saturated heterocycles. The summed E-state index contributed by atoms with van der Waals surface area (Å²) in [5.74, 6) is 3.89. The molecule has 4 fully saturated rings. The molecule has 1 aliphatic heterocycles. The highest BCUT2D eigenvalue weighted by Gasteiger charge is 2.68. The van der Waals surface area contributed by atoms with Gasteiger partial charge in [-0.3, -0.25) is 9.69 Å². The van der Waals surface area contributed by atoms with Crippen LogP contribution >= 0.6 is 0 Å². The molecule has 0 N–H and O–H groups in total. The summed E-state index contributed by atoms with van der Waals surface area (Å²) in [7, 11) is 1.51. The zero-order chi connectivity index (χ0) is 10.9. The molecule has 0 spiro atoms. The molecule has 0 aromatic carbocycles. The summed E-state index contributed by atoms with van der Waals surface area (Å²) < 4.78 is 4.87. The number of fused-ring (bicyclic) bond motifs is 5. The lowest BCUT2D eigenvalue weighted by Crippen LogP contribution is -2.55. The molecule has 0 amide bonds. The van der Waals surface area contributed by atoms with Gasteiger partial charge in [0.05, 0.1) is 7.11 Å². The number of carbonyl (C=O) groups is 1. The predicted molar refractivity (Wildman–Crippen MR) is 58.7 cm³/mol. The van der Waals surface area contributed by atoms with Crippen LogP contribution in [0.15, 0.2) is 0 Å². The monoisotopic (exact) mass is 221 g/mol. The van der Waals surface area contributed by atoms with Gasteiger partial charge in [-0.05, 0) is 49.4 Å². The first-order valence-corrected chi connectivity index (χ1v) is 6.65. The third-order valence-electron chi connectivity index (χ3n) is 5.61. The van der Waals surface area contributed by atoms with Crippen molar-refractivity contribution >= 4 is 5.97 Å². The lowest BCUT2D eigenvalue weighted by atomic mass is 9.98. The Morgan fingerprint density at radius 2 is 1.88 bits per heavy atom. The van der Waals surface area contributed by atoms with Crippen LogP contribution in [-0.2, 0) is 9.53 Å². The SMILES string of the molecule is COC(=O)C1CCN1C1C2C3CCC(C3)C21. The number of methoxy groups -OCH3 is 1. The zero-order valence-corrected chi connectivity index (χ0v) is 9.76. The molecule has 5 unspecified atom stereocenters. The number of nitrogens with zero attached hydrogens (tertiary/aromatic N) is 1. The standard InChI is InChI=1S/C13H19NO2/c1-16-13(15)9-4-5-14(9)12-10-7-2-3-8(6-7)11(10)12/h7-12H,2-6H2,1H3. The first-order valence-electron chi connectivity index (χ1n) is 6.65. The molecule has 3 saturated carbocycles. The largest absolute Gasteiger partial charge is 0.468 e. The Morgan fingerprint density at radius 3 is 2.38 bits per heavy atom. The van der Waals surface area contributed by atoms with E-state index in [0.717, 1.165) is 42.7 Å². The highest BCUT2D eigenvalue weighted by Crippen LogP contribution is 2.68. The molecule has 4 aliphatic rings. The minimum Gasteiger partial charge on any atom is -0.468 e. The van der Waals surface area contributed by atoms with Crippen molar-refractivity contribution in [1.29, 1.82) is 0 Å².